The van der Waals surface area contributed by atoms with Gasteiger partial charge in [0.2, 0.25) is 0 Å². The van der Waals surface area contributed by atoms with Crippen LogP contribution >= 0.6 is 0 Å². The highest BCUT2D eigenvalue weighted by molar-refractivity contribution is 7.91. The molecule has 1 unspecified atom stereocenters. The number of rotatable bonds is 9. The molecule has 0 aliphatic carbocycles. The number of sulfone groups is 1. The number of nitrogens with zero attached hydrogens (tertiary/aromatic N) is 3. The van der Waals surface area contributed by atoms with E-state index in [9.17, 15) is 8.42 Å². The average molecular weight is 436 g/mol. The topological polar surface area (TPSA) is 77.0 Å². The van der Waals surface area contributed by atoms with Gasteiger partial charge in [-0.2, -0.15) is 0 Å². The van der Waals surface area contributed by atoms with Gasteiger partial charge in [0, 0.05) is 51.9 Å². The molecule has 2 heterocycles. The lowest BCUT2D eigenvalue weighted by Gasteiger charge is -2.34. The molecular weight excluding hydrogens is 398 g/mol. The minimum absolute atomic E-state index is 0.0139. The molecule has 2 N–H and O–H groups in total. The van der Waals surface area contributed by atoms with Crippen LogP contribution in [-0.2, 0) is 16.4 Å². The van der Waals surface area contributed by atoms with Crippen LogP contribution in [0.4, 0.5) is 0 Å². The normalized spacial score (nSPS) is 22.8. The summed E-state index contributed by atoms with van der Waals surface area (Å²) in [6.07, 6.45) is 2.85. The van der Waals surface area contributed by atoms with Gasteiger partial charge in [-0.3, -0.25) is 9.89 Å². The first-order valence-corrected chi connectivity index (χ1v) is 13.1. The largest absolute Gasteiger partial charge is 0.357 e. The van der Waals surface area contributed by atoms with E-state index in [2.05, 4.69) is 55.8 Å². The Morgan fingerprint density at radius 2 is 1.83 bits per heavy atom. The fourth-order valence-electron chi connectivity index (χ4n) is 4.07. The highest BCUT2D eigenvalue weighted by atomic mass is 32.2. The van der Waals surface area contributed by atoms with Gasteiger partial charge in [-0.25, -0.2) is 8.42 Å². The molecule has 0 aromatic heterocycles. The molecule has 7 nitrogen and oxygen atoms in total. The van der Waals surface area contributed by atoms with Crippen LogP contribution in [0.3, 0.4) is 0 Å². The number of piperazine rings is 1. The van der Waals surface area contributed by atoms with E-state index in [1.54, 1.807) is 0 Å². The van der Waals surface area contributed by atoms with Gasteiger partial charge in [0.1, 0.15) is 0 Å². The van der Waals surface area contributed by atoms with Crippen molar-refractivity contribution in [2.24, 2.45) is 4.99 Å². The summed E-state index contributed by atoms with van der Waals surface area (Å²) in [5.41, 5.74) is 1.39. The third-order valence-corrected chi connectivity index (χ3v) is 7.55. The zero-order valence-corrected chi connectivity index (χ0v) is 19.0. The van der Waals surface area contributed by atoms with E-state index in [1.165, 1.54) is 5.56 Å². The molecule has 1 atom stereocenters. The van der Waals surface area contributed by atoms with Crippen molar-refractivity contribution in [1.29, 1.82) is 0 Å². The standard InChI is InChI=1S/C22H37N5O2S/c1-2-23-22(25-21-10-17-30(28,29)19-21)24-11-6-7-12-26-13-15-27(16-14-26)18-20-8-4-3-5-9-20/h3-5,8-9,21H,2,6-7,10-19H2,1H3,(H2,23,24,25). The van der Waals surface area contributed by atoms with Crippen molar-refractivity contribution in [1.82, 2.24) is 20.4 Å². The molecule has 0 saturated carbocycles. The Kier molecular flexibility index (Phi) is 8.96. The lowest BCUT2D eigenvalue weighted by molar-refractivity contribution is 0.126. The molecule has 0 spiro atoms. The van der Waals surface area contributed by atoms with Crippen molar-refractivity contribution in [2.45, 2.75) is 38.8 Å². The van der Waals surface area contributed by atoms with E-state index < -0.39 is 9.84 Å². The van der Waals surface area contributed by atoms with E-state index >= 15 is 0 Å². The Hall–Kier alpha value is -1.64. The predicted molar refractivity (Wildman–Crippen MR) is 124 cm³/mol. The highest BCUT2D eigenvalue weighted by Gasteiger charge is 2.28. The smallest absolute Gasteiger partial charge is 0.191 e. The quantitative estimate of drug-likeness (QED) is 0.346. The van der Waals surface area contributed by atoms with Crippen LogP contribution in [0.15, 0.2) is 35.3 Å². The number of benzene rings is 1. The fraction of sp³-hybridized carbons (Fsp3) is 0.682. The maximum atomic E-state index is 11.6. The van der Waals surface area contributed by atoms with Gasteiger partial charge in [-0.1, -0.05) is 30.3 Å². The Labute approximate surface area is 181 Å². The van der Waals surface area contributed by atoms with E-state index in [-0.39, 0.29) is 17.5 Å². The van der Waals surface area contributed by atoms with Gasteiger partial charge >= 0.3 is 0 Å². The van der Waals surface area contributed by atoms with Gasteiger partial charge in [0.15, 0.2) is 15.8 Å². The van der Waals surface area contributed by atoms with Gasteiger partial charge in [-0.05, 0) is 38.3 Å². The molecule has 0 amide bonds. The number of nitrogens with one attached hydrogen (secondary N) is 2. The Bertz CT molecular complexity index is 761. The predicted octanol–water partition coefficient (Wildman–Crippen LogP) is 1.33. The van der Waals surface area contributed by atoms with E-state index in [1.807, 2.05) is 6.92 Å². The molecule has 2 saturated heterocycles. The van der Waals surface area contributed by atoms with Crippen LogP contribution < -0.4 is 10.6 Å². The van der Waals surface area contributed by atoms with Crippen molar-refractivity contribution in [2.75, 3.05) is 57.3 Å². The second-order valence-electron chi connectivity index (χ2n) is 8.32. The molecule has 2 aliphatic heterocycles. The maximum absolute atomic E-state index is 11.6. The van der Waals surface area contributed by atoms with E-state index in [0.717, 1.165) is 71.2 Å². The average Bonchev–Trinajstić information content (AvgIpc) is 3.08. The summed E-state index contributed by atoms with van der Waals surface area (Å²) >= 11 is 0. The Morgan fingerprint density at radius 1 is 1.10 bits per heavy atom. The SMILES string of the molecule is CCNC(=NCCCCN1CCN(Cc2ccccc2)CC1)NC1CCS(=O)(=O)C1. The van der Waals surface area contributed by atoms with Crippen LogP contribution in [-0.4, -0.2) is 87.5 Å². The second kappa shape index (κ2) is 11.7. The fourth-order valence-corrected chi connectivity index (χ4v) is 5.75. The molecule has 8 heteroatoms. The van der Waals surface area contributed by atoms with Gasteiger partial charge in [-0.15, -0.1) is 0 Å². The van der Waals surface area contributed by atoms with Crippen LogP contribution in [0.1, 0.15) is 31.7 Å². The molecule has 30 heavy (non-hydrogen) atoms. The third kappa shape index (κ3) is 7.89. The molecule has 2 fully saturated rings. The molecule has 2 aliphatic rings. The summed E-state index contributed by atoms with van der Waals surface area (Å²) in [5, 5.41) is 6.51. The minimum atomic E-state index is -2.87. The lowest BCUT2D eigenvalue weighted by atomic mass is 10.2. The molecule has 1 aromatic carbocycles. The lowest BCUT2D eigenvalue weighted by Crippen LogP contribution is -2.46. The van der Waals surface area contributed by atoms with Crippen LogP contribution in [0, 0.1) is 0 Å². The highest BCUT2D eigenvalue weighted by Crippen LogP contribution is 2.11. The summed E-state index contributed by atoms with van der Waals surface area (Å²) < 4.78 is 23.3. The van der Waals surface area contributed by atoms with E-state index in [0.29, 0.717) is 6.42 Å². The summed E-state index contributed by atoms with van der Waals surface area (Å²) in [4.78, 5) is 9.73. The number of aliphatic imine (C=N–C) groups is 1. The van der Waals surface area contributed by atoms with Crippen LogP contribution in [0.5, 0.6) is 0 Å². The first-order chi connectivity index (χ1) is 14.5. The zero-order chi connectivity index (χ0) is 21.2. The van der Waals surface area contributed by atoms with Crippen molar-refractivity contribution < 1.29 is 8.42 Å². The molecule has 0 bridgehead atoms. The first kappa shape index (κ1) is 23.0. The van der Waals surface area contributed by atoms with Gasteiger partial charge in [0.25, 0.3) is 0 Å². The number of hydrogen-bond donors (Lipinski definition) is 2. The zero-order valence-electron chi connectivity index (χ0n) is 18.2. The van der Waals surface area contributed by atoms with Crippen molar-refractivity contribution in [3.63, 3.8) is 0 Å². The summed E-state index contributed by atoms with van der Waals surface area (Å²) in [5.74, 6) is 1.24. The maximum Gasteiger partial charge on any atom is 0.191 e. The Balaban J connectivity index is 1.30. The Morgan fingerprint density at radius 3 is 2.50 bits per heavy atom. The monoisotopic (exact) mass is 435 g/mol. The summed E-state index contributed by atoms with van der Waals surface area (Å²) in [6, 6.07) is 10.7. The molecule has 168 valence electrons. The van der Waals surface area contributed by atoms with Gasteiger partial charge < -0.3 is 15.5 Å². The van der Waals surface area contributed by atoms with E-state index in [4.69, 9.17) is 0 Å². The number of hydrogen-bond acceptors (Lipinski definition) is 5. The number of unbranched alkanes of at least 4 members (excludes halogenated alkanes) is 1. The molecular formula is C22H37N5O2S. The minimum Gasteiger partial charge on any atom is -0.357 e. The second-order valence-corrected chi connectivity index (χ2v) is 10.5. The summed E-state index contributed by atoms with van der Waals surface area (Å²) in [7, 11) is -2.87. The van der Waals surface area contributed by atoms with Crippen LogP contribution in [0.2, 0.25) is 0 Å². The van der Waals surface area contributed by atoms with Crippen molar-refractivity contribution in [3.8, 4) is 0 Å². The van der Waals surface area contributed by atoms with Crippen LogP contribution in [0.25, 0.3) is 0 Å². The third-order valence-electron chi connectivity index (χ3n) is 5.78. The summed E-state index contributed by atoms with van der Waals surface area (Å²) in [6.45, 7) is 10.3. The van der Waals surface area contributed by atoms with Crippen molar-refractivity contribution in [3.05, 3.63) is 35.9 Å². The van der Waals surface area contributed by atoms with Gasteiger partial charge in [0.05, 0.1) is 11.5 Å². The van der Waals surface area contributed by atoms with Crippen molar-refractivity contribution >= 4 is 15.8 Å². The molecule has 1 aromatic rings. The molecule has 3 rings (SSSR count). The first-order valence-electron chi connectivity index (χ1n) is 11.3. The molecule has 0 radical (unpaired) electrons. The number of guanidine groups is 1.